The Hall–Kier alpha value is -4.82. The smallest absolute Gasteiger partial charge is 0.421 e. The van der Waals surface area contributed by atoms with Gasteiger partial charge in [-0.2, -0.15) is 0 Å². The second-order valence-corrected chi connectivity index (χ2v) is 7.32. The highest BCUT2D eigenvalue weighted by Gasteiger charge is 2.34. The average Bonchev–Trinajstić information content (AvgIpc) is 3.51. The summed E-state index contributed by atoms with van der Waals surface area (Å²) in [5, 5.41) is 29.0. The molecule has 15 heteroatoms. The molecule has 0 radical (unpaired) electrons. The van der Waals surface area contributed by atoms with Crippen molar-refractivity contribution >= 4 is 23.5 Å². The normalized spacial score (nSPS) is 11.7. The lowest BCUT2D eigenvalue weighted by Crippen LogP contribution is -2.26. The second kappa shape index (κ2) is 9.98. The Kier molecular flexibility index (Phi) is 7.08. The fourth-order valence-electron chi connectivity index (χ4n) is 3.04. The summed E-state index contributed by atoms with van der Waals surface area (Å²) in [5.74, 6) is -3.20. The van der Waals surface area contributed by atoms with Gasteiger partial charge >= 0.3 is 12.1 Å². The Morgan fingerprint density at radius 1 is 1.09 bits per heavy atom. The highest BCUT2D eigenvalue weighted by Crippen LogP contribution is 2.35. The van der Waals surface area contributed by atoms with Crippen LogP contribution in [-0.4, -0.2) is 66.6 Å². The number of aromatic carboxylic acids is 1. The molecule has 3 aromatic rings. The van der Waals surface area contributed by atoms with Gasteiger partial charge in [0.15, 0.2) is 17.2 Å². The molecule has 1 unspecified atom stereocenters. The molecule has 15 nitrogen and oxygen atoms in total. The molecule has 1 N–H and O–H groups in total. The maximum absolute atomic E-state index is 13.3. The van der Waals surface area contributed by atoms with Crippen LogP contribution in [0.1, 0.15) is 46.6 Å². The van der Waals surface area contributed by atoms with E-state index in [1.54, 1.807) is 13.8 Å². The SMILES string of the molecule is COc1cc(C(=O)c2nn(C(OC(=O)n3ccnc3)C(C)C)nc2C(=O)O)c([N+](=O)[O-])cc1OC. The molecular weight excluding hydrogens is 468 g/mol. The first kappa shape index (κ1) is 24.8. The van der Waals surface area contributed by atoms with E-state index in [1.165, 1.54) is 32.9 Å². The quantitative estimate of drug-likeness (QED) is 0.263. The van der Waals surface area contributed by atoms with Crippen molar-refractivity contribution in [3.63, 3.8) is 0 Å². The van der Waals surface area contributed by atoms with Gasteiger partial charge in [0.05, 0.1) is 25.2 Å². The van der Waals surface area contributed by atoms with E-state index in [2.05, 4.69) is 15.2 Å². The van der Waals surface area contributed by atoms with E-state index >= 15 is 0 Å². The summed E-state index contributed by atoms with van der Waals surface area (Å²) in [7, 11) is 2.52. The van der Waals surface area contributed by atoms with E-state index in [1.807, 2.05) is 0 Å². The van der Waals surface area contributed by atoms with Gasteiger partial charge in [-0.3, -0.25) is 14.9 Å². The summed E-state index contributed by atoms with van der Waals surface area (Å²) in [5.41, 5.74) is -2.65. The Morgan fingerprint density at radius 2 is 1.71 bits per heavy atom. The minimum absolute atomic E-state index is 0.0000332. The minimum atomic E-state index is -1.62. The van der Waals surface area contributed by atoms with Gasteiger partial charge < -0.3 is 19.3 Å². The van der Waals surface area contributed by atoms with Crippen LogP contribution in [0.2, 0.25) is 0 Å². The molecule has 0 saturated heterocycles. The number of hydrogen-bond donors (Lipinski definition) is 1. The van der Waals surface area contributed by atoms with Crippen molar-refractivity contribution in [3.8, 4) is 11.5 Å². The molecule has 0 amide bonds. The van der Waals surface area contributed by atoms with Crippen molar-refractivity contribution in [2.75, 3.05) is 14.2 Å². The number of carboxylic acids is 1. The highest BCUT2D eigenvalue weighted by molar-refractivity contribution is 6.14. The summed E-state index contributed by atoms with van der Waals surface area (Å²) in [6, 6.07) is 2.02. The van der Waals surface area contributed by atoms with Crippen molar-refractivity contribution in [2.45, 2.75) is 20.1 Å². The average molecular weight is 488 g/mol. The van der Waals surface area contributed by atoms with Crippen molar-refractivity contribution in [1.82, 2.24) is 24.5 Å². The number of imidazole rings is 1. The van der Waals surface area contributed by atoms with E-state index < -0.39 is 57.6 Å². The Bertz CT molecular complexity index is 1280. The van der Waals surface area contributed by atoms with Crippen LogP contribution in [0.15, 0.2) is 30.9 Å². The third kappa shape index (κ3) is 4.92. The number of nitro groups is 1. The van der Waals surface area contributed by atoms with E-state index in [9.17, 15) is 29.6 Å². The number of methoxy groups -OCH3 is 2. The van der Waals surface area contributed by atoms with Gasteiger partial charge in [0.1, 0.15) is 11.9 Å². The third-order valence-electron chi connectivity index (χ3n) is 4.72. The van der Waals surface area contributed by atoms with Gasteiger partial charge in [-0.05, 0) is 0 Å². The molecule has 35 heavy (non-hydrogen) atoms. The maximum Gasteiger partial charge on any atom is 0.421 e. The lowest BCUT2D eigenvalue weighted by molar-refractivity contribution is -0.385. The fourth-order valence-corrected chi connectivity index (χ4v) is 3.04. The molecule has 0 bridgehead atoms. The Labute approximate surface area is 197 Å². The zero-order valence-electron chi connectivity index (χ0n) is 18.9. The third-order valence-corrected chi connectivity index (χ3v) is 4.72. The molecule has 0 saturated carbocycles. The zero-order valence-corrected chi connectivity index (χ0v) is 18.9. The van der Waals surface area contributed by atoms with Gasteiger partial charge in [0.25, 0.3) is 5.69 Å². The van der Waals surface area contributed by atoms with E-state index in [4.69, 9.17) is 14.2 Å². The number of benzene rings is 1. The minimum Gasteiger partial charge on any atom is -0.493 e. The molecule has 0 aliphatic rings. The standard InChI is InChI=1S/C20H20N6O9/c1-10(2)18(35-20(30)24-6-5-21-9-24)25-22-15(16(23-25)19(28)29)17(27)11-7-13(33-3)14(34-4)8-12(11)26(31)32/h5-10,18H,1-4H3,(H,28,29). The molecule has 2 aromatic heterocycles. The number of ether oxygens (including phenoxy) is 3. The van der Waals surface area contributed by atoms with E-state index in [-0.39, 0.29) is 11.5 Å². The Balaban J connectivity index is 2.10. The maximum atomic E-state index is 13.3. The summed E-state index contributed by atoms with van der Waals surface area (Å²) in [6.07, 6.45) is 1.82. The van der Waals surface area contributed by atoms with Crippen LogP contribution < -0.4 is 9.47 Å². The van der Waals surface area contributed by atoms with E-state index in [0.717, 1.165) is 21.5 Å². The summed E-state index contributed by atoms with van der Waals surface area (Å²) in [6.45, 7) is 3.30. The van der Waals surface area contributed by atoms with Crippen molar-refractivity contribution < 1.29 is 38.6 Å². The van der Waals surface area contributed by atoms with E-state index in [0.29, 0.717) is 0 Å². The predicted molar refractivity (Wildman–Crippen MR) is 115 cm³/mol. The van der Waals surface area contributed by atoms with Gasteiger partial charge in [0.2, 0.25) is 17.7 Å². The van der Waals surface area contributed by atoms with Crippen molar-refractivity contribution in [2.24, 2.45) is 5.92 Å². The van der Waals surface area contributed by atoms with Crippen LogP contribution in [0.5, 0.6) is 11.5 Å². The number of nitro benzene ring substituents is 1. The number of carboxylic acid groups (broad SMARTS) is 1. The molecule has 1 atom stereocenters. The number of carbonyl (C=O) groups is 3. The summed E-state index contributed by atoms with van der Waals surface area (Å²) in [4.78, 5) is 52.8. The number of ketones is 1. The molecule has 0 fully saturated rings. The number of nitrogens with zero attached hydrogens (tertiary/aromatic N) is 6. The molecule has 184 valence electrons. The summed E-state index contributed by atoms with van der Waals surface area (Å²) < 4.78 is 16.6. The largest absolute Gasteiger partial charge is 0.493 e. The topological polar surface area (TPSA) is 191 Å². The first-order chi connectivity index (χ1) is 16.6. The van der Waals surface area contributed by atoms with Crippen LogP contribution in [0.25, 0.3) is 0 Å². The fraction of sp³-hybridized carbons (Fsp3) is 0.300. The molecule has 3 rings (SSSR count). The lowest BCUT2D eigenvalue weighted by atomic mass is 10.0. The second-order valence-electron chi connectivity index (χ2n) is 7.32. The first-order valence-electron chi connectivity index (χ1n) is 9.93. The highest BCUT2D eigenvalue weighted by atomic mass is 16.6. The van der Waals surface area contributed by atoms with Crippen LogP contribution in [-0.2, 0) is 4.74 Å². The summed E-state index contributed by atoms with van der Waals surface area (Å²) >= 11 is 0. The zero-order chi connectivity index (χ0) is 25.9. The van der Waals surface area contributed by atoms with Crippen LogP contribution >= 0.6 is 0 Å². The van der Waals surface area contributed by atoms with Crippen molar-refractivity contribution in [1.29, 1.82) is 0 Å². The van der Waals surface area contributed by atoms with Gasteiger partial charge in [-0.15, -0.1) is 15.0 Å². The van der Waals surface area contributed by atoms with Crippen LogP contribution in [0.4, 0.5) is 10.5 Å². The number of carbonyl (C=O) groups excluding carboxylic acids is 2. The van der Waals surface area contributed by atoms with Crippen LogP contribution in [0.3, 0.4) is 0 Å². The van der Waals surface area contributed by atoms with Gasteiger partial charge in [-0.1, -0.05) is 13.8 Å². The molecular formula is C20H20N6O9. The number of aromatic nitrogens is 5. The number of hydrogen-bond acceptors (Lipinski definition) is 11. The predicted octanol–water partition coefficient (Wildman–Crippen LogP) is 2.17. The first-order valence-corrected chi connectivity index (χ1v) is 9.93. The molecule has 0 aliphatic heterocycles. The van der Waals surface area contributed by atoms with Crippen LogP contribution in [0, 0.1) is 16.0 Å². The molecule has 0 aliphatic carbocycles. The Morgan fingerprint density at radius 3 is 2.23 bits per heavy atom. The van der Waals surface area contributed by atoms with Gasteiger partial charge in [0, 0.05) is 24.4 Å². The monoisotopic (exact) mass is 488 g/mol. The van der Waals surface area contributed by atoms with Crippen molar-refractivity contribution in [3.05, 3.63) is 57.9 Å². The lowest BCUT2D eigenvalue weighted by Gasteiger charge is -2.20. The molecule has 1 aromatic carbocycles. The molecule has 2 heterocycles. The number of rotatable bonds is 9. The van der Waals surface area contributed by atoms with Gasteiger partial charge in [-0.25, -0.2) is 19.1 Å². The molecule has 0 spiro atoms.